The maximum absolute atomic E-state index is 13.1. The number of hydrogen-bond donors (Lipinski definition) is 2. The molecule has 1 atom stereocenters. The van der Waals surface area contributed by atoms with Crippen molar-refractivity contribution in [1.29, 1.82) is 0 Å². The fraction of sp³-hybridized carbons (Fsp3) is 0.391. The van der Waals surface area contributed by atoms with E-state index in [-0.39, 0.29) is 19.6 Å². The molecule has 2 heterocycles. The molecule has 12 heteroatoms. The number of hydrogen-bond acceptors (Lipinski definition) is 5. The second kappa shape index (κ2) is 10.6. The summed E-state index contributed by atoms with van der Waals surface area (Å²) in [5.74, 6) is -0.529. The van der Waals surface area contributed by atoms with Crippen LogP contribution < -0.4 is 10.6 Å². The first-order chi connectivity index (χ1) is 16.4. The number of nitrogens with one attached hydrogen (secondary N) is 2. The highest BCUT2D eigenvalue weighted by molar-refractivity contribution is 5.86. The topological polar surface area (TPSA) is 103 Å². The summed E-state index contributed by atoms with van der Waals surface area (Å²) in [6.45, 7) is 3.30. The van der Waals surface area contributed by atoms with Gasteiger partial charge in [-0.1, -0.05) is 30.3 Å². The zero-order chi connectivity index (χ0) is 25.6. The van der Waals surface area contributed by atoms with Crippen LogP contribution in [0.4, 0.5) is 18.0 Å². The van der Waals surface area contributed by atoms with Gasteiger partial charge in [-0.15, -0.1) is 0 Å². The number of halogens is 3. The summed E-state index contributed by atoms with van der Waals surface area (Å²) in [5, 5.41) is 13.2. The molecule has 0 radical (unpaired) electrons. The molecule has 35 heavy (non-hydrogen) atoms. The summed E-state index contributed by atoms with van der Waals surface area (Å²) in [6, 6.07) is 8.06. The van der Waals surface area contributed by atoms with Crippen molar-refractivity contribution < 1.29 is 27.5 Å². The van der Waals surface area contributed by atoms with Crippen LogP contribution >= 0.6 is 0 Å². The van der Waals surface area contributed by atoms with E-state index in [2.05, 4.69) is 20.8 Å². The predicted octanol–water partition coefficient (Wildman–Crippen LogP) is 3.07. The zero-order valence-corrected chi connectivity index (χ0v) is 19.5. The molecule has 3 rings (SSSR count). The molecule has 2 aromatic heterocycles. The van der Waals surface area contributed by atoms with E-state index in [4.69, 9.17) is 4.74 Å². The predicted molar refractivity (Wildman–Crippen MR) is 120 cm³/mol. The lowest BCUT2D eigenvalue weighted by molar-refractivity contribution is -0.137. The molecule has 9 nitrogen and oxygen atoms in total. The number of alkyl halides is 3. The fourth-order valence-corrected chi connectivity index (χ4v) is 3.39. The first-order valence-electron chi connectivity index (χ1n) is 10.8. The largest absolute Gasteiger partial charge is 0.445 e. The van der Waals surface area contributed by atoms with Crippen LogP contribution in [0.3, 0.4) is 0 Å². The van der Waals surface area contributed by atoms with Crippen LogP contribution in [0.25, 0.3) is 0 Å². The minimum Gasteiger partial charge on any atom is -0.445 e. The highest BCUT2D eigenvalue weighted by Crippen LogP contribution is 2.28. The Morgan fingerprint density at radius 3 is 2.37 bits per heavy atom. The molecular formula is C23H27F3N6O3. The Labute approximate surface area is 200 Å². The number of carbonyl (C=O) groups excluding carboxylic acids is 2. The average Bonchev–Trinajstić information content (AvgIpc) is 3.40. The van der Waals surface area contributed by atoms with Crippen molar-refractivity contribution in [2.75, 3.05) is 0 Å². The lowest BCUT2D eigenvalue weighted by Crippen LogP contribution is -2.55. The molecule has 0 saturated heterocycles. The van der Waals surface area contributed by atoms with E-state index in [0.717, 1.165) is 22.6 Å². The van der Waals surface area contributed by atoms with Crippen molar-refractivity contribution in [2.24, 2.45) is 7.05 Å². The molecule has 0 unspecified atom stereocenters. The molecular weight excluding hydrogens is 465 g/mol. The third-order valence-electron chi connectivity index (χ3n) is 5.00. The van der Waals surface area contributed by atoms with Gasteiger partial charge in [0, 0.05) is 25.9 Å². The Balaban J connectivity index is 1.66. The van der Waals surface area contributed by atoms with Crippen molar-refractivity contribution in [3.8, 4) is 0 Å². The highest BCUT2D eigenvalue weighted by atomic mass is 19.4. The van der Waals surface area contributed by atoms with E-state index in [9.17, 15) is 22.8 Å². The van der Waals surface area contributed by atoms with Crippen molar-refractivity contribution >= 4 is 12.0 Å². The summed E-state index contributed by atoms with van der Waals surface area (Å²) < 4.78 is 46.5. The maximum atomic E-state index is 13.1. The molecule has 0 aliphatic rings. The molecule has 188 valence electrons. The van der Waals surface area contributed by atoms with E-state index in [1.165, 1.54) is 0 Å². The molecule has 0 fully saturated rings. The smallest absolute Gasteiger partial charge is 0.419 e. The average molecular weight is 493 g/mol. The minimum absolute atomic E-state index is 0.0209. The quantitative estimate of drug-likeness (QED) is 0.478. The van der Waals surface area contributed by atoms with Gasteiger partial charge in [0.1, 0.15) is 12.6 Å². The van der Waals surface area contributed by atoms with E-state index >= 15 is 0 Å². The first-order valence-corrected chi connectivity index (χ1v) is 10.8. The Hall–Kier alpha value is -3.83. The second-order valence-corrected chi connectivity index (χ2v) is 8.78. The zero-order valence-electron chi connectivity index (χ0n) is 19.5. The molecule has 0 aliphatic carbocycles. The highest BCUT2D eigenvalue weighted by Gasteiger charge is 2.33. The van der Waals surface area contributed by atoms with E-state index < -0.39 is 35.3 Å². The molecule has 3 aromatic rings. The Morgan fingerprint density at radius 1 is 1.06 bits per heavy atom. The van der Waals surface area contributed by atoms with Crippen LogP contribution in [0.1, 0.15) is 30.5 Å². The minimum atomic E-state index is -4.51. The van der Waals surface area contributed by atoms with Gasteiger partial charge in [0.05, 0.1) is 30.0 Å². The van der Waals surface area contributed by atoms with Crippen molar-refractivity contribution in [1.82, 2.24) is 30.2 Å². The lowest BCUT2D eigenvalue weighted by Gasteiger charge is -2.29. The van der Waals surface area contributed by atoms with Crippen LogP contribution in [0.15, 0.2) is 55.1 Å². The van der Waals surface area contributed by atoms with Crippen molar-refractivity contribution in [3.05, 3.63) is 71.8 Å². The number of aromatic nitrogens is 4. The van der Waals surface area contributed by atoms with Gasteiger partial charge < -0.3 is 15.4 Å². The van der Waals surface area contributed by atoms with Gasteiger partial charge in [-0.05, 0) is 25.0 Å². The van der Waals surface area contributed by atoms with E-state index in [1.807, 2.05) is 18.2 Å². The van der Waals surface area contributed by atoms with Crippen molar-refractivity contribution in [2.45, 2.75) is 51.2 Å². The first kappa shape index (κ1) is 25.8. The van der Waals surface area contributed by atoms with Crippen LogP contribution in [-0.2, 0) is 42.3 Å². The van der Waals surface area contributed by atoms with Crippen molar-refractivity contribution in [3.63, 3.8) is 0 Å². The summed E-state index contributed by atoms with van der Waals surface area (Å²) in [6.07, 6.45) is -0.262. The second-order valence-electron chi connectivity index (χ2n) is 8.78. The van der Waals surface area contributed by atoms with Gasteiger partial charge in [0.25, 0.3) is 0 Å². The van der Waals surface area contributed by atoms with E-state index in [1.54, 1.807) is 50.1 Å². The number of rotatable bonds is 9. The van der Waals surface area contributed by atoms with Crippen LogP contribution in [-0.4, -0.2) is 43.1 Å². The molecule has 2 amide bonds. The normalized spacial score (nSPS) is 12.7. The summed E-state index contributed by atoms with van der Waals surface area (Å²) in [5.41, 5.74) is -0.364. The number of ether oxygens (including phenoxy) is 1. The maximum Gasteiger partial charge on any atom is 0.419 e. The number of aryl methyl sites for hydroxylation is 1. The molecule has 0 saturated carbocycles. The van der Waals surface area contributed by atoms with E-state index in [0.29, 0.717) is 5.56 Å². The van der Waals surface area contributed by atoms with Gasteiger partial charge in [0.15, 0.2) is 0 Å². The number of nitrogens with zero attached hydrogens (tertiary/aromatic N) is 4. The summed E-state index contributed by atoms with van der Waals surface area (Å²) >= 11 is 0. The number of carbonyl (C=O) groups is 2. The summed E-state index contributed by atoms with van der Waals surface area (Å²) in [4.78, 5) is 25.5. The lowest BCUT2D eigenvalue weighted by atomic mass is 10.0. The van der Waals surface area contributed by atoms with Gasteiger partial charge in [-0.3, -0.25) is 14.2 Å². The Kier molecular flexibility index (Phi) is 7.82. The molecule has 0 aliphatic heterocycles. The van der Waals surface area contributed by atoms with Crippen LogP contribution in [0.5, 0.6) is 0 Å². The van der Waals surface area contributed by atoms with Gasteiger partial charge in [-0.2, -0.15) is 23.4 Å². The number of benzene rings is 1. The Bertz CT molecular complexity index is 1140. The molecule has 0 spiro atoms. The molecule has 0 bridgehead atoms. The summed E-state index contributed by atoms with van der Waals surface area (Å²) in [7, 11) is 1.72. The van der Waals surface area contributed by atoms with Gasteiger partial charge in [-0.25, -0.2) is 4.79 Å². The SMILES string of the molecule is Cn1cc(C[C@@H](NC(=O)OCc2ccccc2)C(=O)NC(C)(C)Cn2cc(C(F)(F)F)cn2)cn1. The van der Waals surface area contributed by atoms with Crippen LogP contribution in [0, 0.1) is 0 Å². The number of amides is 2. The molecule has 2 N–H and O–H groups in total. The van der Waals surface area contributed by atoms with Gasteiger partial charge >= 0.3 is 12.3 Å². The molecule has 1 aromatic carbocycles. The third-order valence-corrected chi connectivity index (χ3v) is 5.00. The number of alkyl carbamates (subject to hydrolysis) is 1. The Morgan fingerprint density at radius 2 is 1.77 bits per heavy atom. The van der Waals surface area contributed by atoms with Gasteiger partial charge in [0.2, 0.25) is 5.91 Å². The standard InChI is InChI=1S/C23H27F3N6O3/c1-22(2,15-32-13-18(11-28-32)23(24,25)26)30-20(33)19(9-17-10-27-31(3)12-17)29-21(34)35-14-16-7-5-4-6-8-16/h4-8,10-13,19H,9,14-15H2,1-3H3,(H,29,34)(H,30,33)/t19-/m1/s1. The third kappa shape index (κ3) is 7.87. The fourth-order valence-electron chi connectivity index (χ4n) is 3.39. The van der Waals surface area contributed by atoms with Crippen LogP contribution in [0.2, 0.25) is 0 Å². The monoisotopic (exact) mass is 492 g/mol.